The Labute approximate surface area is 175 Å². The van der Waals surface area contributed by atoms with Crippen LogP contribution in [0.3, 0.4) is 0 Å². The minimum Gasteiger partial charge on any atom is -0.493 e. The topological polar surface area (TPSA) is 88.9 Å². The Balaban J connectivity index is 1.40. The summed E-state index contributed by atoms with van der Waals surface area (Å²) in [5, 5.41) is 3.75. The molecule has 4 rings (SSSR count). The zero-order valence-electron chi connectivity index (χ0n) is 16.9. The van der Waals surface area contributed by atoms with Gasteiger partial charge in [-0.25, -0.2) is 8.42 Å². The van der Waals surface area contributed by atoms with E-state index in [0.717, 1.165) is 10.9 Å². The Morgan fingerprint density at radius 1 is 1.13 bits per heavy atom. The quantitative estimate of drug-likeness (QED) is 0.673. The third-order valence-electron chi connectivity index (χ3n) is 5.40. The summed E-state index contributed by atoms with van der Waals surface area (Å²) in [5.41, 5.74) is 1.54. The van der Waals surface area contributed by atoms with Crippen molar-refractivity contribution in [3.8, 4) is 5.75 Å². The number of hydrogen-bond acceptors (Lipinski definition) is 5. The van der Waals surface area contributed by atoms with E-state index in [4.69, 9.17) is 9.15 Å². The largest absolute Gasteiger partial charge is 0.493 e. The molecular formula is C22H24N2O5S. The van der Waals surface area contributed by atoms with Crippen LogP contribution in [0.15, 0.2) is 57.8 Å². The van der Waals surface area contributed by atoms with E-state index in [1.807, 2.05) is 19.1 Å². The Kier molecular flexibility index (Phi) is 5.53. The third-order valence-corrected chi connectivity index (χ3v) is 7.31. The van der Waals surface area contributed by atoms with Crippen molar-refractivity contribution >= 4 is 26.9 Å². The number of hydrogen-bond donors (Lipinski definition) is 1. The number of benzene rings is 2. The van der Waals surface area contributed by atoms with Gasteiger partial charge in [0.25, 0.3) is 5.91 Å². The van der Waals surface area contributed by atoms with Crippen LogP contribution in [0.1, 0.15) is 29.0 Å². The maximum Gasteiger partial charge on any atom is 0.287 e. The van der Waals surface area contributed by atoms with Crippen molar-refractivity contribution in [2.45, 2.75) is 30.7 Å². The van der Waals surface area contributed by atoms with Gasteiger partial charge in [0.15, 0.2) is 17.1 Å². The molecule has 1 amide bonds. The Bertz CT molecular complexity index is 1160. The second kappa shape index (κ2) is 8.12. The lowest BCUT2D eigenvalue weighted by atomic mass is 10.1. The lowest BCUT2D eigenvalue weighted by Crippen LogP contribution is -2.46. The summed E-state index contributed by atoms with van der Waals surface area (Å²) in [6.07, 6.45) is 1.08. The van der Waals surface area contributed by atoms with Gasteiger partial charge in [-0.05, 0) is 44.0 Å². The van der Waals surface area contributed by atoms with Gasteiger partial charge in [0.1, 0.15) is 0 Å². The lowest BCUT2D eigenvalue weighted by Gasteiger charge is -2.31. The molecule has 0 radical (unpaired) electrons. The van der Waals surface area contributed by atoms with Crippen LogP contribution < -0.4 is 10.1 Å². The van der Waals surface area contributed by atoms with Crippen LogP contribution in [-0.2, 0) is 10.0 Å². The number of fused-ring (bicyclic) bond motifs is 1. The second-order valence-electron chi connectivity index (χ2n) is 7.45. The molecule has 158 valence electrons. The van der Waals surface area contributed by atoms with E-state index in [-0.39, 0.29) is 17.7 Å². The Hall–Kier alpha value is -2.84. The van der Waals surface area contributed by atoms with Gasteiger partial charge in [0, 0.05) is 24.5 Å². The van der Waals surface area contributed by atoms with Crippen LogP contribution in [0.5, 0.6) is 5.75 Å². The summed E-state index contributed by atoms with van der Waals surface area (Å²) in [6, 6.07) is 13.9. The molecule has 8 heteroatoms. The summed E-state index contributed by atoms with van der Waals surface area (Å²) in [4.78, 5) is 12.9. The van der Waals surface area contributed by atoms with Gasteiger partial charge in [-0.3, -0.25) is 4.79 Å². The van der Waals surface area contributed by atoms with Crippen molar-refractivity contribution in [2.75, 3.05) is 20.2 Å². The van der Waals surface area contributed by atoms with Gasteiger partial charge in [0.05, 0.1) is 12.0 Å². The van der Waals surface area contributed by atoms with E-state index in [2.05, 4.69) is 5.32 Å². The number of nitrogens with one attached hydrogen (secondary N) is 1. The molecule has 7 nitrogen and oxygen atoms in total. The van der Waals surface area contributed by atoms with Crippen molar-refractivity contribution < 1.29 is 22.4 Å². The van der Waals surface area contributed by atoms with E-state index in [0.29, 0.717) is 42.2 Å². The van der Waals surface area contributed by atoms with E-state index < -0.39 is 10.0 Å². The molecule has 2 aromatic carbocycles. The van der Waals surface area contributed by atoms with Gasteiger partial charge in [-0.15, -0.1) is 0 Å². The summed E-state index contributed by atoms with van der Waals surface area (Å²) in [7, 11) is -1.97. The van der Waals surface area contributed by atoms with Crippen molar-refractivity contribution in [2.24, 2.45) is 0 Å². The number of sulfonamides is 1. The zero-order valence-corrected chi connectivity index (χ0v) is 17.7. The number of para-hydroxylation sites is 1. The number of carbonyl (C=O) groups is 1. The number of piperidine rings is 1. The molecule has 0 atom stereocenters. The normalized spacial score (nSPS) is 15.9. The number of methoxy groups -OCH3 is 1. The van der Waals surface area contributed by atoms with Crippen LogP contribution in [0.25, 0.3) is 11.0 Å². The van der Waals surface area contributed by atoms with Crippen molar-refractivity contribution in [3.63, 3.8) is 0 Å². The molecule has 1 aliphatic heterocycles. The zero-order chi connectivity index (χ0) is 21.3. The first-order valence-electron chi connectivity index (χ1n) is 9.83. The molecule has 1 saturated heterocycles. The minimum atomic E-state index is -3.52. The smallest absolute Gasteiger partial charge is 0.287 e. The molecule has 0 aliphatic carbocycles. The molecular weight excluding hydrogens is 404 g/mol. The fourth-order valence-corrected chi connectivity index (χ4v) is 5.14. The van der Waals surface area contributed by atoms with E-state index in [1.165, 1.54) is 4.31 Å². The predicted octanol–water partition coefficient (Wildman–Crippen LogP) is 3.33. The van der Waals surface area contributed by atoms with Crippen LogP contribution in [0, 0.1) is 6.92 Å². The van der Waals surface area contributed by atoms with Crippen molar-refractivity contribution in [1.82, 2.24) is 9.62 Å². The summed E-state index contributed by atoms with van der Waals surface area (Å²) in [5.74, 6) is 0.471. The first-order chi connectivity index (χ1) is 14.4. The maximum absolute atomic E-state index is 12.8. The molecule has 0 spiro atoms. The molecule has 0 unspecified atom stereocenters. The van der Waals surface area contributed by atoms with Gasteiger partial charge < -0.3 is 14.5 Å². The molecule has 1 aromatic heterocycles. The Morgan fingerprint density at radius 2 is 1.83 bits per heavy atom. The number of aryl methyl sites for hydroxylation is 1. The number of ether oxygens (including phenoxy) is 1. The van der Waals surface area contributed by atoms with Gasteiger partial charge >= 0.3 is 0 Å². The monoisotopic (exact) mass is 428 g/mol. The number of rotatable bonds is 5. The van der Waals surface area contributed by atoms with Crippen LogP contribution in [0.4, 0.5) is 0 Å². The average Bonchev–Trinajstić information content (AvgIpc) is 3.19. The highest BCUT2D eigenvalue weighted by Crippen LogP contribution is 2.28. The maximum atomic E-state index is 12.8. The lowest BCUT2D eigenvalue weighted by molar-refractivity contribution is 0.0897. The number of amides is 1. The molecule has 30 heavy (non-hydrogen) atoms. The van der Waals surface area contributed by atoms with Crippen molar-refractivity contribution in [1.29, 1.82) is 0 Å². The molecule has 1 aliphatic rings. The fourth-order valence-electron chi connectivity index (χ4n) is 3.67. The molecule has 0 bridgehead atoms. The summed E-state index contributed by atoms with van der Waals surface area (Å²) < 4.78 is 38.1. The molecule has 2 heterocycles. The second-order valence-corrected chi connectivity index (χ2v) is 9.39. The highest BCUT2D eigenvalue weighted by molar-refractivity contribution is 7.89. The fraction of sp³-hybridized carbons (Fsp3) is 0.318. The average molecular weight is 429 g/mol. The third kappa shape index (κ3) is 3.93. The minimum absolute atomic E-state index is 0.114. The summed E-state index contributed by atoms with van der Waals surface area (Å²) >= 11 is 0. The van der Waals surface area contributed by atoms with Crippen LogP contribution in [0.2, 0.25) is 0 Å². The Morgan fingerprint density at radius 3 is 2.50 bits per heavy atom. The number of furan rings is 1. The summed E-state index contributed by atoms with van der Waals surface area (Å²) in [6.45, 7) is 2.63. The van der Waals surface area contributed by atoms with E-state index >= 15 is 0 Å². The first-order valence-corrected chi connectivity index (χ1v) is 11.3. The van der Waals surface area contributed by atoms with E-state index in [1.54, 1.807) is 43.5 Å². The van der Waals surface area contributed by atoms with Gasteiger partial charge in [-0.2, -0.15) is 4.31 Å². The molecule has 3 aromatic rings. The van der Waals surface area contributed by atoms with Crippen LogP contribution >= 0.6 is 0 Å². The molecule has 0 saturated carbocycles. The van der Waals surface area contributed by atoms with Crippen molar-refractivity contribution in [3.05, 3.63) is 59.9 Å². The van der Waals surface area contributed by atoms with Gasteiger partial charge in [-0.1, -0.05) is 29.8 Å². The standard InChI is InChI=1S/C22H24N2O5S/c1-15-6-8-18(9-7-15)30(26,27)24-12-10-17(11-13-24)23-22(25)20-14-16-4-3-5-19(28-2)21(16)29-20/h3-9,14,17H,10-13H2,1-2H3,(H,23,25). The molecule has 1 N–H and O–H groups in total. The number of nitrogens with zero attached hydrogens (tertiary/aromatic N) is 1. The SMILES string of the molecule is COc1cccc2cc(C(=O)NC3CCN(S(=O)(=O)c4ccc(C)cc4)CC3)oc12. The molecule has 1 fully saturated rings. The highest BCUT2D eigenvalue weighted by atomic mass is 32.2. The predicted molar refractivity (Wildman–Crippen MR) is 113 cm³/mol. The van der Waals surface area contributed by atoms with E-state index in [9.17, 15) is 13.2 Å². The highest BCUT2D eigenvalue weighted by Gasteiger charge is 2.30. The van der Waals surface area contributed by atoms with Crippen LogP contribution in [-0.4, -0.2) is 44.9 Å². The number of carbonyl (C=O) groups excluding carboxylic acids is 1. The van der Waals surface area contributed by atoms with Gasteiger partial charge in [0.2, 0.25) is 10.0 Å². The first kappa shape index (κ1) is 20.4.